The number of carbonyl (C=O) groups is 2. The van der Waals surface area contributed by atoms with Crippen molar-refractivity contribution in [3.05, 3.63) is 45.8 Å². The number of thiophene rings is 1. The fraction of sp³-hybridized carbons (Fsp3) is 0.333. The quantitative estimate of drug-likeness (QED) is 0.685. The molecule has 2 atom stereocenters. The largest absolute Gasteiger partial charge is 0.309 e. The first-order valence-electron chi connectivity index (χ1n) is 7.85. The van der Waals surface area contributed by atoms with Gasteiger partial charge in [-0.25, -0.2) is 4.98 Å². The minimum Gasteiger partial charge on any atom is -0.309 e. The van der Waals surface area contributed by atoms with E-state index in [2.05, 4.69) is 17.2 Å². The predicted molar refractivity (Wildman–Crippen MR) is 91.8 cm³/mol. The number of hydrogen-bond donors (Lipinski definition) is 1. The van der Waals surface area contributed by atoms with Crippen LogP contribution in [0.1, 0.15) is 34.1 Å². The number of carbonyl (C=O) groups excluding carboxylic acids is 2. The minimum absolute atomic E-state index is 0.330. The first kappa shape index (κ1) is 16.3. The van der Waals surface area contributed by atoms with Crippen molar-refractivity contribution in [2.75, 3.05) is 5.32 Å². The molecular weight excluding hydrogens is 322 g/mol. The zero-order valence-corrected chi connectivity index (χ0v) is 14.1. The number of rotatable bonds is 4. The minimum atomic E-state index is -1.36. The van der Waals surface area contributed by atoms with Crippen LogP contribution in [0, 0.1) is 23.2 Å². The molecule has 2 aromatic heterocycles. The lowest BCUT2D eigenvalue weighted by Crippen LogP contribution is -2.29. The van der Waals surface area contributed by atoms with Crippen molar-refractivity contribution in [1.82, 2.24) is 4.98 Å². The normalized spacial score (nSPS) is 17.4. The molecule has 0 bridgehead atoms. The highest BCUT2D eigenvalue weighted by Crippen LogP contribution is 2.34. The van der Waals surface area contributed by atoms with Crippen molar-refractivity contribution in [2.45, 2.75) is 26.2 Å². The Morgan fingerprint density at radius 1 is 1.46 bits per heavy atom. The van der Waals surface area contributed by atoms with Gasteiger partial charge in [-0.3, -0.25) is 9.59 Å². The number of nitrogens with zero attached hydrogens (tertiary/aromatic N) is 2. The molecule has 122 valence electrons. The van der Waals surface area contributed by atoms with Gasteiger partial charge in [0.25, 0.3) is 5.91 Å². The third-order valence-electron chi connectivity index (χ3n) is 4.24. The van der Waals surface area contributed by atoms with E-state index in [4.69, 9.17) is 0 Å². The van der Waals surface area contributed by atoms with Crippen LogP contribution in [0.5, 0.6) is 0 Å². The molecule has 0 spiro atoms. The lowest BCUT2D eigenvalue weighted by molar-refractivity contribution is -0.117. The van der Waals surface area contributed by atoms with Crippen LogP contribution in [0.25, 0.3) is 0 Å². The standard InChI is InChI=1S/C18H17N3O2S/c1-11-5-6-12-14(10-24-15(12)8-11)17(22)13(9-19)18(23)21-16-4-2-3-7-20-16/h2-4,7,10-11,13H,5-6,8H2,1H3,(H,20,21,23)/t11-,13+/m0/s1. The third-order valence-corrected chi connectivity index (χ3v) is 5.29. The van der Waals surface area contributed by atoms with E-state index in [1.807, 2.05) is 6.07 Å². The van der Waals surface area contributed by atoms with Gasteiger partial charge in [0, 0.05) is 22.0 Å². The zero-order chi connectivity index (χ0) is 17.1. The average Bonchev–Trinajstić information content (AvgIpc) is 2.99. The number of ketones is 1. The van der Waals surface area contributed by atoms with Gasteiger partial charge in [0.15, 0.2) is 11.7 Å². The zero-order valence-electron chi connectivity index (χ0n) is 13.3. The molecule has 5 nitrogen and oxygen atoms in total. The van der Waals surface area contributed by atoms with Crippen molar-refractivity contribution in [2.24, 2.45) is 11.8 Å². The molecule has 2 heterocycles. The Morgan fingerprint density at radius 2 is 2.29 bits per heavy atom. The van der Waals surface area contributed by atoms with Crippen LogP contribution < -0.4 is 5.32 Å². The monoisotopic (exact) mass is 339 g/mol. The molecule has 1 aliphatic carbocycles. The van der Waals surface area contributed by atoms with Gasteiger partial charge in [0.05, 0.1) is 6.07 Å². The number of nitriles is 1. The lowest BCUT2D eigenvalue weighted by Gasteiger charge is -2.19. The number of aromatic nitrogens is 1. The second-order valence-corrected chi connectivity index (χ2v) is 6.99. The number of fused-ring (bicyclic) bond motifs is 1. The summed E-state index contributed by atoms with van der Waals surface area (Å²) in [5, 5.41) is 13.7. The molecule has 0 fully saturated rings. The summed E-state index contributed by atoms with van der Waals surface area (Å²) in [7, 11) is 0. The van der Waals surface area contributed by atoms with Crippen LogP contribution in [0.3, 0.4) is 0 Å². The van der Waals surface area contributed by atoms with Crippen LogP contribution in [0.2, 0.25) is 0 Å². The van der Waals surface area contributed by atoms with E-state index < -0.39 is 17.6 Å². The third kappa shape index (κ3) is 3.22. The molecule has 0 aromatic carbocycles. The van der Waals surface area contributed by atoms with Crippen molar-refractivity contribution < 1.29 is 9.59 Å². The number of nitrogens with one attached hydrogen (secondary N) is 1. The molecule has 0 saturated heterocycles. The molecular formula is C18H17N3O2S. The molecule has 0 unspecified atom stereocenters. The second-order valence-electron chi connectivity index (χ2n) is 6.03. The Labute approximate surface area is 144 Å². The number of amides is 1. The first-order valence-corrected chi connectivity index (χ1v) is 8.73. The lowest BCUT2D eigenvalue weighted by atomic mass is 9.86. The van der Waals surface area contributed by atoms with Crippen LogP contribution in [0.15, 0.2) is 29.8 Å². The van der Waals surface area contributed by atoms with Crippen molar-refractivity contribution in [3.63, 3.8) is 0 Å². The SMILES string of the molecule is C[C@H]1CCc2c(C(=O)[C@@H](C#N)C(=O)Nc3ccccn3)csc2C1. The Balaban J connectivity index is 1.80. The number of pyridine rings is 1. The van der Waals surface area contributed by atoms with Gasteiger partial charge in [-0.15, -0.1) is 11.3 Å². The molecule has 24 heavy (non-hydrogen) atoms. The number of Topliss-reactive ketones (excluding diaryl/α,β-unsaturated/α-hetero) is 1. The summed E-state index contributed by atoms with van der Waals surface area (Å²) in [4.78, 5) is 30.2. The van der Waals surface area contributed by atoms with E-state index in [0.717, 1.165) is 24.8 Å². The summed E-state index contributed by atoms with van der Waals surface area (Å²) in [5.41, 5.74) is 1.55. The Hall–Kier alpha value is -2.52. The topological polar surface area (TPSA) is 82.8 Å². The van der Waals surface area contributed by atoms with Crippen LogP contribution >= 0.6 is 11.3 Å². The van der Waals surface area contributed by atoms with Crippen LogP contribution in [-0.2, 0) is 17.6 Å². The summed E-state index contributed by atoms with van der Waals surface area (Å²) in [6.07, 6.45) is 4.36. The summed E-state index contributed by atoms with van der Waals surface area (Å²) in [6.45, 7) is 2.20. The van der Waals surface area contributed by atoms with Crippen molar-refractivity contribution >= 4 is 28.8 Å². The summed E-state index contributed by atoms with van der Waals surface area (Å²) in [5.74, 6) is -1.47. The molecule has 1 N–H and O–H groups in total. The van der Waals surface area contributed by atoms with E-state index in [9.17, 15) is 14.9 Å². The van der Waals surface area contributed by atoms with E-state index >= 15 is 0 Å². The Kier molecular flexibility index (Phi) is 4.72. The fourth-order valence-corrected chi connectivity index (χ4v) is 4.16. The predicted octanol–water partition coefficient (Wildman–Crippen LogP) is 3.23. The van der Waals surface area contributed by atoms with Crippen LogP contribution in [-0.4, -0.2) is 16.7 Å². The van der Waals surface area contributed by atoms with Gasteiger partial charge >= 0.3 is 0 Å². The maximum Gasteiger partial charge on any atom is 0.250 e. The molecule has 1 aliphatic rings. The average molecular weight is 339 g/mol. The van der Waals surface area contributed by atoms with Gasteiger partial charge in [-0.05, 0) is 42.9 Å². The van der Waals surface area contributed by atoms with Gasteiger partial charge in [0.1, 0.15) is 5.82 Å². The summed E-state index contributed by atoms with van der Waals surface area (Å²) >= 11 is 1.55. The number of anilines is 1. The molecule has 0 aliphatic heterocycles. The highest BCUT2D eigenvalue weighted by Gasteiger charge is 2.32. The molecule has 0 saturated carbocycles. The maximum atomic E-state index is 12.7. The Morgan fingerprint density at radius 3 is 3.00 bits per heavy atom. The van der Waals surface area contributed by atoms with E-state index in [-0.39, 0.29) is 0 Å². The Bertz CT molecular complexity index is 807. The van der Waals surface area contributed by atoms with E-state index in [1.165, 1.54) is 11.1 Å². The maximum absolute atomic E-state index is 12.7. The molecule has 3 rings (SSSR count). The van der Waals surface area contributed by atoms with E-state index in [0.29, 0.717) is 17.3 Å². The van der Waals surface area contributed by atoms with Gasteiger partial charge in [-0.1, -0.05) is 13.0 Å². The smallest absolute Gasteiger partial charge is 0.250 e. The fourth-order valence-electron chi connectivity index (χ4n) is 2.91. The van der Waals surface area contributed by atoms with E-state index in [1.54, 1.807) is 34.9 Å². The van der Waals surface area contributed by atoms with Gasteiger partial charge in [-0.2, -0.15) is 5.26 Å². The summed E-state index contributed by atoms with van der Waals surface area (Å²) < 4.78 is 0. The van der Waals surface area contributed by atoms with Gasteiger partial charge in [0.2, 0.25) is 0 Å². The second kappa shape index (κ2) is 6.93. The summed E-state index contributed by atoms with van der Waals surface area (Å²) in [6, 6.07) is 6.90. The first-order chi connectivity index (χ1) is 11.6. The van der Waals surface area contributed by atoms with Crippen LogP contribution in [0.4, 0.5) is 5.82 Å². The molecule has 6 heteroatoms. The number of hydrogen-bond acceptors (Lipinski definition) is 5. The van der Waals surface area contributed by atoms with Crippen molar-refractivity contribution in [1.29, 1.82) is 5.26 Å². The molecule has 0 radical (unpaired) electrons. The van der Waals surface area contributed by atoms with Gasteiger partial charge < -0.3 is 5.32 Å². The van der Waals surface area contributed by atoms with Crippen molar-refractivity contribution in [3.8, 4) is 6.07 Å². The highest BCUT2D eigenvalue weighted by molar-refractivity contribution is 7.10. The molecule has 1 amide bonds. The molecule has 2 aromatic rings. The highest BCUT2D eigenvalue weighted by atomic mass is 32.1.